The molecule has 3 aromatic rings. The zero-order valence-electron chi connectivity index (χ0n) is 16.4. The van der Waals surface area contributed by atoms with Gasteiger partial charge in [-0.05, 0) is 36.8 Å². The number of carbonyl (C=O) groups is 2. The van der Waals surface area contributed by atoms with Gasteiger partial charge in [-0.2, -0.15) is 0 Å². The third kappa shape index (κ3) is 4.65. The number of nitrogens with zero attached hydrogens (tertiary/aromatic N) is 3. The molecule has 0 atom stereocenters. The van der Waals surface area contributed by atoms with Gasteiger partial charge in [0.05, 0.1) is 5.69 Å². The molecule has 29 heavy (non-hydrogen) atoms. The fraction of sp³-hybridized carbons (Fsp3) is 0.238. The molecule has 2 aromatic heterocycles. The molecule has 150 valence electrons. The molecule has 6 nitrogen and oxygen atoms in total. The number of nitrogens with one attached hydrogen (secondary N) is 1. The Labute approximate surface area is 172 Å². The van der Waals surface area contributed by atoms with E-state index in [0.717, 1.165) is 11.3 Å². The zero-order valence-corrected chi connectivity index (χ0v) is 17.2. The summed E-state index contributed by atoms with van der Waals surface area (Å²) in [6, 6.07) is 8.29. The summed E-state index contributed by atoms with van der Waals surface area (Å²) in [5.41, 5.74) is 2.82. The molecule has 0 unspecified atom stereocenters. The Bertz CT molecular complexity index is 1050. The number of hydrogen-bond donors (Lipinski definition) is 1. The van der Waals surface area contributed by atoms with Crippen molar-refractivity contribution < 1.29 is 14.0 Å². The van der Waals surface area contributed by atoms with Crippen molar-refractivity contribution >= 4 is 28.8 Å². The Kier molecular flexibility index (Phi) is 6.33. The van der Waals surface area contributed by atoms with Gasteiger partial charge in [-0.1, -0.05) is 13.0 Å². The number of anilines is 1. The van der Waals surface area contributed by atoms with Gasteiger partial charge in [-0.3, -0.25) is 14.6 Å². The predicted octanol–water partition coefficient (Wildman–Crippen LogP) is 3.96. The molecule has 0 fully saturated rings. The van der Waals surface area contributed by atoms with E-state index in [9.17, 15) is 14.0 Å². The number of pyridine rings is 1. The lowest BCUT2D eigenvalue weighted by atomic mass is 10.2. The van der Waals surface area contributed by atoms with Crippen LogP contribution in [0.5, 0.6) is 0 Å². The number of hydrogen-bond acceptors (Lipinski definition) is 5. The van der Waals surface area contributed by atoms with Crippen LogP contribution in [0.3, 0.4) is 0 Å². The van der Waals surface area contributed by atoms with Crippen molar-refractivity contribution in [2.75, 3.05) is 11.9 Å². The van der Waals surface area contributed by atoms with Crippen LogP contribution in [0.2, 0.25) is 0 Å². The van der Waals surface area contributed by atoms with Crippen LogP contribution in [0.15, 0.2) is 41.9 Å². The van der Waals surface area contributed by atoms with Crippen molar-refractivity contribution in [2.24, 2.45) is 0 Å². The molecule has 0 saturated carbocycles. The maximum atomic E-state index is 14.5. The van der Waals surface area contributed by atoms with E-state index in [1.807, 2.05) is 19.1 Å². The van der Waals surface area contributed by atoms with E-state index < -0.39 is 5.82 Å². The number of thiazole rings is 1. The fourth-order valence-corrected chi connectivity index (χ4v) is 3.56. The smallest absolute Gasteiger partial charge is 0.271 e. The highest BCUT2D eigenvalue weighted by Gasteiger charge is 2.16. The molecule has 0 saturated heterocycles. The molecule has 3 rings (SSSR count). The first-order valence-electron chi connectivity index (χ1n) is 9.11. The summed E-state index contributed by atoms with van der Waals surface area (Å²) in [7, 11) is 1.54. The predicted molar refractivity (Wildman–Crippen MR) is 111 cm³/mol. The second-order valence-electron chi connectivity index (χ2n) is 6.44. The van der Waals surface area contributed by atoms with Gasteiger partial charge >= 0.3 is 0 Å². The monoisotopic (exact) mass is 412 g/mol. The van der Waals surface area contributed by atoms with Crippen molar-refractivity contribution in [3.8, 4) is 10.6 Å². The molecule has 0 aliphatic rings. The summed E-state index contributed by atoms with van der Waals surface area (Å²) in [4.78, 5) is 34.0. The number of amides is 2. The largest absolute Gasteiger partial charge is 0.347 e. The van der Waals surface area contributed by atoms with Crippen molar-refractivity contribution in [3.05, 3.63) is 64.7 Å². The molecule has 0 radical (unpaired) electrons. The van der Waals surface area contributed by atoms with Crippen molar-refractivity contribution in [2.45, 2.75) is 26.8 Å². The molecule has 0 bridgehead atoms. The highest BCUT2D eigenvalue weighted by Crippen LogP contribution is 2.28. The van der Waals surface area contributed by atoms with E-state index in [2.05, 4.69) is 15.3 Å². The van der Waals surface area contributed by atoms with Crippen molar-refractivity contribution in [1.29, 1.82) is 0 Å². The average Bonchev–Trinajstić information content (AvgIpc) is 3.22. The Morgan fingerprint density at radius 3 is 2.76 bits per heavy atom. The normalized spacial score (nSPS) is 10.6. The third-order valence-electron chi connectivity index (χ3n) is 4.53. The number of aromatic nitrogens is 2. The van der Waals surface area contributed by atoms with Crippen LogP contribution >= 0.6 is 11.3 Å². The Hall–Kier alpha value is -3.13. The first kappa shape index (κ1) is 20.6. The number of halogens is 1. The Morgan fingerprint density at radius 1 is 1.28 bits per heavy atom. The summed E-state index contributed by atoms with van der Waals surface area (Å²) in [5.74, 6) is -0.991. The van der Waals surface area contributed by atoms with Gasteiger partial charge in [0.2, 0.25) is 5.91 Å². The van der Waals surface area contributed by atoms with E-state index in [0.29, 0.717) is 23.5 Å². The van der Waals surface area contributed by atoms with E-state index in [1.165, 1.54) is 22.3 Å². The van der Waals surface area contributed by atoms with Crippen molar-refractivity contribution in [3.63, 3.8) is 0 Å². The summed E-state index contributed by atoms with van der Waals surface area (Å²) in [6.07, 6.45) is 1.99. The number of benzene rings is 1. The number of aryl methyl sites for hydroxylation is 1. The maximum absolute atomic E-state index is 14.5. The Balaban J connectivity index is 1.72. The summed E-state index contributed by atoms with van der Waals surface area (Å²) in [6.45, 7) is 3.96. The van der Waals surface area contributed by atoms with Crippen LogP contribution < -0.4 is 10.2 Å². The molecule has 2 amide bonds. The van der Waals surface area contributed by atoms with Gasteiger partial charge in [-0.25, -0.2) is 9.37 Å². The minimum absolute atomic E-state index is 0.172. The van der Waals surface area contributed by atoms with Gasteiger partial charge in [0.25, 0.3) is 5.91 Å². The minimum atomic E-state index is -0.514. The van der Waals surface area contributed by atoms with Crippen LogP contribution in [0.4, 0.5) is 10.1 Å². The molecule has 2 heterocycles. The summed E-state index contributed by atoms with van der Waals surface area (Å²) in [5, 5.41) is 4.99. The molecule has 0 aliphatic heterocycles. The second-order valence-corrected chi connectivity index (χ2v) is 7.30. The SMILES string of the molecule is CCC(=O)N(C)c1ccc(-c2nc(C(=O)NCc3cccnc3C)cs2)cc1F. The van der Waals surface area contributed by atoms with Gasteiger partial charge in [-0.15, -0.1) is 11.3 Å². The molecular weight excluding hydrogens is 391 g/mol. The van der Waals surface area contributed by atoms with Crippen LogP contribution in [-0.4, -0.2) is 28.8 Å². The van der Waals surface area contributed by atoms with E-state index >= 15 is 0 Å². The van der Waals surface area contributed by atoms with E-state index in [1.54, 1.807) is 37.7 Å². The fourth-order valence-electron chi connectivity index (χ4n) is 2.76. The van der Waals surface area contributed by atoms with E-state index in [-0.39, 0.29) is 23.2 Å². The highest BCUT2D eigenvalue weighted by molar-refractivity contribution is 7.13. The number of carbonyl (C=O) groups excluding carboxylic acids is 2. The van der Waals surface area contributed by atoms with Gasteiger partial charge in [0, 0.05) is 42.8 Å². The molecule has 0 aliphatic carbocycles. The van der Waals surface area contributed by atoms with Gasteiger partial charge < -0.3 is 10.2 Å². The van der Waals surface area contributed by atoms with Gasteiger partial charge in [0.1, 0.15) is 16.5 Å². The number of rotatable bonds is 6. The molecule has 0 spiro atoms. The lowest BCUT2D eigenvalue weighted by molar-refractivity contribution is -0.118. The van der Waals surface area contributed by atoms with E-state index in [4.69, 9.17) is 0 Å². The second kappa shape index (κ2) is 8.91. The summed E-state index contributed by atoms with van der Waals surface area (Å²) >= 11 is 1.26. The quantitative estimate of drug-likeness (QED) is 0.665. The average molecular weight is 412 g/mol. The minimum Gasteiger partial charge on any atom is -0.347 e. The first-order chi connectivity index (χ1) is 13.9. The highest BCUT2D eigenvalue weighted by atomic mass is 32.1. The van der Waals surface area contributed by atoms with Crippen LogP contribution in [0.25, 0.3) is 10.6 Å². The standard InChI is InChI=1S/C21H21FN4O2S/c1-4-19(27)26(3)18-8-7-14(10-16(18)22)21-25-17(12-29-21)20(28)24-11-15-6-5-9-23-13(15)2/h5-10,12H,4,11H2,1-3H3,(H,24,28). The van der Waals surface area contributed by atoms with Gasteiger partial charge in [0.15, 0.2) is 0 Å². The maximum Gasteiger partial charge on any atom is 0.271 e. The molecule has 1 N–H and O–H groups in total. The molecule has 8 heteroatoms. The Morgan fingerprint density at radius 2 is 2.07 bits per heavy atom. The lowest BCUT2D eigenvalue weighted by Crippen LogP contribution is -2.26. The van der Waals surface area contributed by atoms with Crippen LogP contribution in [0.1, 0.15) is 35.1 Å². The summed E-state index contributed by atoms with van der Waals surface area (Å²) < 4.78 is 14.5. The first-order valence-corrected chi connectivity index (χ1v) is 9.99. The zero-order chi connectivity index (χ0) is 21.0. The van der Waals surface area contributed by atoms with Crippen LogP contribution in [-0.2, 0) is 11.3 Å². The third-order valence-corrected chi connectivity index (χ3v) is 5.42. The molecule has 1 aromatic carbocycles. The lowest BCUT2D eigenvalue weighted by Gasteiger charge is -2.17. The topological polar surface area (TPSA) is 75.2 Å². The van der Waals surface area contributed by atoms with Crippen LogP contribution in [0, 0.1) is 12.7 Å². The molecular formula is C21H21FN4O2S. The van der Waals surface area contributed by atoms with Crippen molar-refractivity contribution in [1.82, 2.24) is 15.3 Å².